The van der Waals surface area contributed by atoms with Crippen LogP contribution in [0.25, 0.3) is 11.1 Å². The van der Waals surface area contributed by atoms with E-state index >= 15 is 0 Å². The lowest BCUT2D eigenvalue weighted by atomic mass is 10.0. The van der Waals surface area contributed by atoms with Gasteiger partial charge in [-0.25, -0.2) is 19.6 Å². The van der Waals surface area contributed by atoms with Crippen LogP contribution in [0.5, 0.6) is 11.8 Å². The van der Waals surface area contributed by atoms with Crippen LogP contribution in [0, 0.1) is 13.8 Å². The van der Waals surface area contributed by atoms with Crippen LogP contribution in [0.3, 0.4) is 0 Å². The van der Waals surface area contributed by atoms with Gasteiger partial charge in [-0.05, 0) is 36.1 Å². The molecule has 12 nitrogen and oxygen atoms in total. The predicted octanol–water partition coefficient (Wildman–Crippen LogP) is 6.91. The summed E-state index contributed by atoms with van der Waals surface area (Å²) in [5.74, 6) is -2.23. The number of methoxy groups -OCH3 is 2. The number of rotatable bonds is 10. The van der Waals surface area contributed by atoms with Crippen molar-refractivity contribution in [3.63, 3.8) is 0 Å². The molecule has 0 radical (unpaired) electrons. The lowest BCUT2D eigenvalue weighted by Crippen LogP contribution is -2.11. The van der Waals surface area contributed by atoms with Crippen molar-refractivity contribution >= 4 is 23.1 Å². The fourth-order valence-corrected chi connectivity index (χ4v) is 4.32. The molecular weight excluding hydrogens is 706 g/mol. The fourth-order valence-electron chi connectivity index (χ4n) is 4.32. The Hall–Kier alpha value is -6.20. The molecule has 2 heterocycles. The van der Waals surface area contributed by atoms with Crippen molar-refractivity contribution in [3.8, 4) is 11.8 Å². The molecule has 0 spiro atoms. The van der Waals surface area contributed by atoms with Gasteiger partial charge >= 0.3 is 24.3 Å². The molecule has 4 aromatic rings. The van der Waals surface area contributed by atoms with E-state index in [9.17, 15) is 46.1 Å². The molecule has 0 amide bonds. The highest BCUT2D eigenvalue weighted by Gasteiger charge is 2.34. The summed E-state index contributed by atoms with van der Waals surface area (Å²) in [7, 11) is 2.32. The number of esters is 2. The number of hydrogen-bond acceptors (Lipinski definition) is 12. The van der Waals surface area contributed by atoms with E-state index in [1.54, 1.807) is 48.5 Å². The van der Waals surface area contributed by atoms with Crippen LogP contribution in [0.15, 0.2) is 73.2 Å². The molecule has 0 fully saturated rings. The van der Waals surface area contributed by atoms with E-state index in [4.69, 9.17) is 9.47 Å². The normalized spacial score (nSPS) is 12.0. The second kappa shape index (κ2) is 17.6. The summed E-state index contributed by atoms with van der Waals surface area (Å²) in [6.07, 6.45) is -8.05. The highest BCUT2D eigenvalue weighted by atomic mass is 19.4. The Labute approximate surface area is 292 Å². The molecule has 0 bridgehead atoms. The van der Waals surface area contributed by atoms with Gasteiger partial charge in [-0.1, -0.05) is 48.5 Å². The number of nitrogens with zero attached hydrogens (tertiary/aromatic N) is 4. The van der Waals surface area contributed by atoms with Gasteiger partial charge in [-0.15, -0.1) is 0 Å². The van der Waals surface area contributed by atoms with Gasteiger partial charge in [0, 0.05) is 12.1 Å². The van der Waals surface area contributed by atoms with E-state index in [1.807, 2.05) is 0 Å². The Morgan fingerprint density at radius 1 is 0.635 bits per heavy atom. The molecule has 0 unspecified atom stereocenters. The minimum atomic E-state index is -4.62. The zero-order valence-corrected chi connectivity index (χ0v) is 27.7. The molecule has 0 aliphatic heterocycles. The average Bonchev–Trinajstić information content (AvgIpc) is 3.10. The topological polar surface area (TPSA) is 163 Å². The number of hydrogen-bond donors (Lipinski definition) is 2. The first-order valence-corrected chi connectivity index (χ1v) is 14.7. The van der Waals surface area contributed by atoms with Crippen LogP contribution in [0.2, 0.25) is 0 Å². The largest absolute Gasteiger partial charge is 0.515 e. The molecule has 0 atom stereocenters. The molecule has 0 saturated carbocycles. The summed E-state index contributed by atoms with van der Waals surface area (Å²) < 4.78 is 96.8. The number of aromatic nitrogens is 4. The van der Waals surface area contributed by atoms with Crippen LogP contribution in [-0.4, -0.2) is 56.3 Å². The first-order chi connectivity index (χ1) is 24.5. The van der Waals surface area contributed by atoms with E-state index in [-0.39, 0.29) is 47.8 Å². The highest BCUT2D eigenvalue weighted by Crippen LogP contribution is 2.31. The second-order valence-corrected chi connectivity index (χ2v) is 10.2. The van der Waals surface area contributed by atoms with Crippen LogP contribution in [-0.2, 0) is 44.6 Å². The number of aliphatic hydroxyl groups excluding tert-OH is 2. The first-order valence-electron chi connectivity index (χ1n) is 14.7. The maximum Gasteiger partial charge on any atom is 0.433 e. The van der Waals surface area contributed by atoms with Crippen LogP contribution < -0.4 is 9.47 Å². The van der Waals surface area contributed by atoms with Gasteiger partial charge in [0.2, 0.25) is 11.8 Å². The number of ether oxygens (including phenoxy) is 4. The predicted molar refractivity (Wildman–Crippen MR) is 170 cm³/mol. The number of carbonyl (C=O) groups excluding carboxylic acids is 2. The summed E-state index contributed by atoms with van der Waals surface area (Å²) in [5.41, 5.74) is -0.904. The molecule has 0 aliphatic rings. The monoisotopic (exact) mass is 736 g/mol. The summed E-state index contributed by atoms with van der Waals surface area (Å²) >= 11 is 0. The summed E-state index contributed by atoms with van der Waals surface area (Å²) in [6.45, 7) is 2.27. The minimum Gasteiger partial charge on any atom is -0.515 e. The molecule has 4 rings (SSSR count). The van der Waals surface area contributed by atoms with Crippen LogP contribution in [0.1, 0.15) is 45.3 Å². The second-order valence-electron chi connectivity index (χ2n) is 10.2. The van der Waals surface area contributed by atoms with Gasteiger partial charge in [-0.2, -0.15) is 36.3 Å². The number of carbonyl (C=O) groups is 2. The van der Waals surface area contributed by atoms with E-state index in [0.29, 0.717) is 46.9 Å². The lowest BCUT2D eigenvalue weighted by molar-refractivity contribution is -0.142. The Kier molecular flexibility index (Phi) is 13.6. The van der Waals surface area contributed by atoms with E-state index < -0.39 is 35.7 Å². The van der Waals surface area contributed by atoms with E-state index in [2.05, 4.69) is 29.4 Å². The van der Waals surface area contributed by atoms with Crippen molar-refractivity contribution in [2.45, 2.75) is 39.4 Å². The lowest BCUT2D eigenvalue weighted by Gasteiger charge is -2.13. The minimum absolute atomic E-state index is 0.0892. The van der Waals surface area contributed by atoms with Crippen molar-refractivity contribution in [1.82, 2.24) is 19.9 Å². The standard InChI is InChI=1S/2C17H15F3N2O4/c2*1-10-21-14(17(18,19)20)7-15(22-10)26-9-11-5-3-4-6-12(11)13(8-23)16(24)25-2/h2*3-8,23H,9H2,1-2H3. The molecule has 2 aromatic carbocycles. The SMILES string of the molecule is COC(=O)C(=CO)c1ccccc1COc1cc(C(F)(F)F)nc(C)n1.COC(=O)C(=CO)c1ccccc1COc1cc(C(F)(F)F)nc(C)n1. The fraction of sp³-hybridized carbons (Fsp3) is 0.235. The third-order valence-electron chi connectivity index (χ3n) is 6.64. The number of aryl methyl sites for hydroxylation is 2. The zero-order chi connectivity index (χ0) is 38.6. The summed E-state index contributed by atoms with van der Waals surface area (Å²) in [5, 5.41) is 18.6. The molecule has 276 valence electrons. The van der Waals surface area contributed by atoms with Crippen molar-refractivity contribution in [3.05, 3.63) is 118 Å². The molecule has 0 aliphatic carbocycles. The molecular formula is C34H30F6N4O8. The number of halogens is 6. The van der Waals surface area contributed by atoms with Crippen molar-refractivity contribution in [2.75, 3.05) is 14.2 Å². The summed E-state index contributed by atoms with van der Waals surface area (Å²) in [6, 6.07) is 14.2. The van der Waals surface area contributed by atoms with Gasteiger partial charge in [0.1, 0.15) is 36.0 Å². The van der Waals surface area contributed by atoms with Gasteiger partial charge < -0.3 is 29.2 Å². The van der Waals surface area contributed by atoms with Crippen LogP contribution in [0.4, 0.5) is 26.3 Å². The molecule has 2 aromatic heterocycles. The van der Waals surface area contributed by atoms with Crippen molar-refractivity contribution in [2.24, 2.45) is 0 Å². The van der Waals surface area contributed by atoms with Crippen molar-refractivity contribution in [1.29, 1.82) is 0 Å². The van der Waals surface area contributed by atoms with Crippen LogP contribution >= 0.6 is 0 Å². The number of benzene rings is 2. The average molecular weight is 737 g/mol. The molecule has 2 N–H and O–H groups in total. The third kappa shape index (κ3) is 10.9. The van der Waals surface area contributed by atoms with E-state index in [1.165, 1.54) is 13.8 Å². The van der Waals surface area contributed by atoms with Gasteiger partial charge in [0.05, 0.1) is 26.7 Å². The van der Waals surface area contributed by atoms with Crippen molar-refractivity contribution < 1.29 is 65.1 Å². The van der Waals surface area contributed by atoms with E-state index in [0.717, 1.165) is 14.2 Å². The molecule has 0 saturated heterocycles. The Balaban J connectivity index is 0.000000280. The molecule has 18 heteroatoms. The smallest absolute Gasteiger partial charge is 0.433 e. The Morgan fingerprint density at radius 3 is 1.29 bits per heavy atom. The van der Waals surface area contributed by atoms with Gasteiger partial charge in [-0.3, -0.25) is 0 Å². The maximum absolute atomic E-state index is 12.8. The molecule has 52 heavy (non-hydrogen) atoms. The van der Waals surface area contributed by atoms with Gasteiger partial charge in [0.25, 0.3) is 0 Å². The zero-order valence-electron chi connectivity index (χ0n) is 27.7. The number of alkyl halides is 6. The Bertz CT molecular complexity index is 1810. The third-order valence-corrected chi connectivity index (χ3v) is 6.64. The highest BCUT2D eigenvalue weighted by molar-refractivity contribution is 6.17. The quantitative estimate of drug-likeness (QED) is 0.0750. The maximum atomic E-state index is 12.8. The first kappa shape index (κ1) is 40.2. The summed E-state index contributed by atoms with van der Waals surface area (Å²) in [4.78, 5) is 37.8. The Morgan fingerprint density at radius 2 is 0.981 bits per heavy atom. The van der Waals surface area contributed by atoms with Gasteiger partial charge in [0.15, 0.2) is 11.4 Å². The number of aliphatic hydroxyl groups is 2.